The Hall–Kier alpha value is -1.34. The average molecular weight is 435 g/mol. The van der Waals surface area contributed by atoms with E-state index in [2.05, 4.69) is 13.8 Å². The molecular formula is C23H37F3O4. The molecule has 3 N–H and O–H groups in total. The highest BCUT2D eigenvalue weighted by molar-refractivity contribution is 5.66. The van der Waals surface area contributed by atoms with Gasteiger partial charge in [-0.25, -0.2) is 0 Å². The van der Waals surface area contributed by atoms with Crippen LogP contribution < -0.4 is 0 Å². The van der Waals surface area contributed by atoms with E-state index in [9.17, 15) is 28.2 Å². The van der Waals surface area contributed by atoms with Crippen LogP contribution in [0.5, 0.6) is 0 Å². The summed E-state index contributed by atoms with van der Waals surface area (Å²) in [7, 11) is 0. The number of aliphatic hydroxyl groups is 2. The maximum absolute atomic E-state index is 13.5. The minimum Gasteiger partial charge on any atom is -0.481 e. The number of carboxylic acid groups (broad SMARTS) is 1. The van der Waals surface area contributed by atoms with Gasteiger partial charge in [0.05, 0.1) is 12.2 Å². The second-order valence-electron chi connectivity index (χ2n) is 8.54. The van der Waals surface area contributed by atoms with E-state index >= 15 is 0 Å². The van der Waals surface area contributed by atoms with Crippen molar-refractivity contribution in [3.8, 4) is 0 Å². The molecule has 0 saturated heterocycles. The second kappa shape index (κ2) is 13.2. The molecule has 1 aliphatic rings. The lowest BCUT2D eigenvalue weighted by atomic mass is 9.91. The first-order chi connectivity index (χ1) is 14.1. The molecule has 0 fully saturated rings. The number of halogens is 3. The summed E-state index contributed by atoms with van der Waals surface area (Å²) in [5.41, 5.74) is -0.447. The van der Waals surface area contributed by atoms with Crippen molar-refractivity contribution in [1.82, 2.24) is 0 Å². The standard InChI is InChI=1S/C23H37F3O4/c1-3-4-9-16(2)14-17(27)12-13-19-18(10-7-5-6-8-11-22(29)30)20(15-21(19)28)23(24,25)26/h12-13,16-17,19,21,27-28H,3-11,14-15H2,1-2H3,(H,29,30)/t16-,17-,19-,21-/m1/s1. The van der Waals surface area contributed by atoms with Crippen LogP contribution in [-0.2, 0) is 4.79 Å². The number of carboxylic acids is 1. The summed E-state index contributed by atoms with van der Waals surface area (Å²) in [6.45, 7) is 4.15. The van der Waals surface area contributed by atoms with Gasteiger partial charge in [-0.2, -0.15) is 13.2 Å². The maximum atomic E-state index is 13.5. The Kier molecular flexibility index (Phi) is 11.7. The fourth-order valence-electron chi connectivity index (χ4n) is 4.11. The van der Waals surface area contributed by atoms with Crippen molar-refractivity contribution in [3.63, 3.8) is 0 Å². The van der Waals surface area contributed by atoms with Crippen LogP contribution in [0.3, 0.4) is 0 Å². The third-order valence-electron chi connectivity index (χ3n) is 5.78. The van der Waals surface area contributed by atoms with Crippen molar-refractivity contribution in [3.05, 3.63) is 23.3 Å². The van der Waals surface area contributed by atoms with Gasteiger partial charge in [0.1, 0.15) is 0 Å². The number of alkyl halides is 3. The van der Waals surface area contributed by atoms with E-state index in [4.69, 9.17) is 5.11 Å². The topological polar surface area (TPSA) is 77.8 Å². The fraction of sp³-hybridized carbons (Fsp3) is 0.783. The molecule has 0 amide bonds. The summed E-state index contributed by atoms with van der Waals surface area (Å²) in [6.07, 6.45) is 2.61. The minimum absolute atomic E-state index is 0.0646. The van der Waals surface area contributed by atoms with Crippen LogP contribution in [0.2, 0.25) is 0 Å². The molecule has 0 unspecified atom stereocenters. The lowest BCUT2D eigenvalue weighted by Crippen LogP contribution is -2.16. The fourth-order valence-corrected chi connectivity index (χ4v) is 4.11. The van der Waals surface area contributed by atoms with Crippen LogP contribution in [-0.4, -0.2) is 39.7 Å². The Morgan fingerprint density at radius 3 is 2.47 bits per heavy atom. The van der Waals surface area contributed by atoms with E-state index in [1.807, 2.05) is 0 Å². The monoisotopic (exact) mass is 434 g/mol. The van der Waals surface area contributed by atoms with Gasteiger partial charge in [-0.05, 0) is 31.6 Å². The van der Waals surface area contributed by atoms with Crippen molar-refractivity contribution in [2.75, 3.05) is 0 Å². The molecule has 0 saturated carbocycles. The number of hydrogen-bond donors (Lipinski definition) is 3. The molecule has 0 spiro atoms. The molecular weight excluding hydrogens is 397 g/mol. The first-order valence-electron chi connectivity index (χ1n) is 11.1. The lowest BCUT2D eigenvalue weighted by Gasteiger charge is -2.18. The normalized spacial score (nSPS) is 22.1. The van der Waals surface area contributed by atoms with Crippen LogP contribution in [0.1, 0.15) is 84.5 Å². The summed E-state index contributed by atoms with van der Waals surface area (Å²) in [5, 5.41) is 29.2. The van der Waals surface area contributed by atoms with Gasteiger partial charge in [0, 0.05) is 24.3 Å². The summed E-state index contributed by atoms with van der Waals surface area (Å²) in [4.78, 5) is 10.5. The number of aliphatic carboxylic acids is 1. The first-order valence-corrected chi connectivity index (χ1v) is 11.1. The van der Waals surface area contributed by atoms with Crippen LogP contribution in [0.4, 0.5) is 13.2 Å². The van der Waals surface area contributed by atoms with E-state index in [1.165, 1.54) is 6.08 Å². The molecule has 4 nitrogen and oxygen atoms in total. The third kappa shape index (κ3) is 9.65. The van der Waals surface area contributed by atoms with Gasteiger partial charge in [-0.3, -0.25) is 4.79 Å². The zero-order valence-corrected chi connectivity index (χ0v) is 18.1. The van der Waals surface area contributed by atoms with E-state index < -0.39 is 42.3 Å². The molecule has 30 heavy (non-hydrogen) atoms. The van der Waals surface area contributed by atoms with Gasteiger partial charge in [-0.1, -0.05) is 63.7 Å². The molecule has 1 rings (SSSR count). The van der Waals surface area contributed by atoms with E-state index in [1.54, 1.807) is 6.08 Å². The predicted octanol–water partition coefficient (Wildman–Crippen LogP) is 5.78. The number of aliphatic hydroxyl groups excluding tert-OH is 2. The first kappa shape index (κ1) is 26.7. The Balaban J connectivity index is 2.73. The molecule has 0 bridgehead atoms. The summed E-state index contributed by atoms with van der Waals surface area (Å²) in [5.74, 6) is -1.28. The Morgan fingerprint density at radius 2 is 1.87 bits per heavy atom. The Morgan fingerprint density at radius 1 is 1.20 bits per heavy atom. The SMILES string of the molecule is CCCC[C@@H](C)C[C@H](O)C=C[C@@H]1C(CCCCCCC(=O)O)=C(C(F)(F)F)C[C@H]1O. The minimum atomic E-state index is -4.48. The molecule has 4 atom stereocenters. The number of hydrogen-bond acceptors (Lipinski definition) is 3. The van der Waals surface area contributed by atoms with Crippen LogP contribution >= 0.6 is 0 Å². The zero-order valence-electron chi connectivity index (χ0n) is 18.1. The van der Waals surface area contributed by atoms with Crippen molar-refractivity contribution in [2.45, 2.75) is 103 Å². The van der Waals surface area contributed by atoms with Gasteiger partial charge in [-0.15, -0.1) is 0 Å². The van der Waals surface area contributed by atoms with Gasteiger partial charge in [0.25, 0.3) is 0 Å². The average Bonchev–Trinajstić information content (AvgIpc) is 2.96. The number of rotatable bonds is 14. The molecule has 0 radical (unpaired) electrons. The molecule has 1 aliphatic carbocycles. The predicted molar refractivity (Wildman–Crippen MR) is 111 cm³/mol. The molecule has 7 heteroatoms. The van der Waals surface area contributed by atoms with E-state index in [0.29, 0.717) is 38.0 Å². The largest absolute Gasteiger partial charge is 0.481 e. The third-order valence-corrected chi connectivity index (χ3v) is 5.78. The number of unbranched alkanes of at least 4 members (excludes halogenated alkanes) is 4. The Labute approximate surface area is 177 Å². The van der Waals surface area contributed by atoms with E-state index in [-0.39, 0.29) is 18.4 Å². The zero-order chi connectivity index (χ0) is 22.7. The van der Waals surface area contributed by atoms with Crippen LogP contribution in [0.15, 0.2) is 23.3 Å². The van der Waals surface area contributed by atoms with Gasteiger partial charge >= 0.3 is 12.1 Å². The molecule has 0 heterocycles. The van der Waals surface area contributed by atoms with Crippen molar-refractivity contribution >= 4 is 5.97 Å². The maximum Gasteiger partial charge on any atom is 0.412 e. The van der Waals surface area contributed by atoms with Crippen molar-refractivity contribution < 1.29 is 33.3 Å². The van der Waals surface area contributed by atoms with Gasteiger partial charge < -0.3 is 15.3 Å². The lowest BCUT2D eigenvalue weighted by molar-refractivity contribution is -0.137. The van der Waals surface area contributed by atoms with Gasteiger partial charge in [0.2, 0.25) is 0 Å². The van der Waals surface area contributed by atoms with E-state index in [0.717, 1.165) is 19.3 Å². The molecule has 0 aliphatic heterocycles. The number of carbonyl (C=O) groups is 1. The summed E-state index contributed by atoms with van der Waals surface area (Å²) in [6, 6.07) is 0. The molecule has 174 valence electrons. The Bertz CT molecular complexity index is 583. The summed E-state index contributed by atoms with van der Waals surface area (Å²) >= 11 is 0. The highest BCUT2D eigenvalue weighted by Crippen LogP contribution is 2.44. The molecule has 0 aromatic heterocycles. The van der Waals surface area contributed by atoms with Crippen molar-refractivity contribution in [1.29, 1.82) is 0 Å². The highest BCUT2D eigenvalue weighted by Gasteiger charge is 2.44. The molecule has 0 aromatic rings. The quantitative estimate of drug-likeness (QED) is 0.239. The van der Waals surface area contributed by atoms with Crippen LogP contribution in [0, 0.1) is 11.8 Å². The summed E-state index contributed by atoms with van der Waals surface area (Å²) < 4.78 is 40.4. The second-order valence-corrected chi connectivity index (χ2v) is 8.54. The van der Waals surface area contributed by atoms with Crippen molar-refractivity contribution in [2.24, 2.45) is 11.8 Å². The van der Waals surface area contributed by atoms with Gasteiger partial charge in [0.15, 0.2) is 0 Å². The molecule has 0 aromatic carbocycles. The highest BCUT2D eigenvalue weighted by atomic mass is 19.4. The van der Waals surface area contributed by atoms with Crippen LogP contribution in [0.25, 0.3) is 0 Å². The smallest absolute Gasteiger partial charge is 0.412 e.